The van der Waals surface area contributed by atoms with Gasteiger partial charge in [0, 0.05) is 45.6 Å². The number of nitrogens with zero attached hydrogens (tertiary/aromatic N) is 2. The van der Waals surface area contributed by atoms with E-state index in [0.717, 1.165) is 38.1 Å². The van der Waals surface area contributed by atoms with Crippen LogP contribution < -0.4 is 10.6 Å². The lowest BCUT2D eigenvalue weighted by Gasteiger charge is -2.40. The van der Waals surface area contributed by atoms with E-state index in [9.17, 15) is 4.79 Å². The molecule has 1 aromatic rings. The Morgan fingerprint density at radius 2 is 2.38 bits per heavy atom. The van der Waals surface area contributed by atoms with Crippen molar-refractivity contribution >= 4 is 6.03 Å². The summed E-state index contributed by atoms with van der Waals surface area (Å²) in [7, 11) is 1.73. The van der Waals surface area contributed by atoms with Crippen molar-refractivity contribution in [1.82, 2.24) is 20.2 Å². The molecule has 1 fully saturated rings. The lowest BCUT2D eigenvalue weighted by Crippen LogP contribution is -2.51. The number of fused-ring (bicyclic) bond motifs is 1. The first-order chi connectivity index (χ1) is 10.2. The monoisotopic (exact) mass is 292 g/mol. The zero-order valence-corrected chi connectivity index (χ0v) is 12.6. The van der Waals surface area contributed by atoms with Crippen LogP contribution in [-0.2, 0) is 17.7 Å². The highest BCUT2D eigenvalue weighted by atomic mass is 16.5. The lowest BCUT2D eigenvalue weighted by atomic mass is 9.80. The molecule has 0 saturated heterocycles. The zero-order chi connectivity index (χ0) is 14.7. The minimum Gasteiger partial charge on any atom is -0.376 e. The Kier molecular flexibility index (Phi) is 4.14. The number of amides is 2. The van der Waals surface area contributed by atoms with Crippen molar-refractivity contribution < 1.29 is 9.53 Å². The van der Waals surface area contributed by atoms with Crippen LogP contribution in [0.2, 0.25) is 0 Å². The molecular weight excluding hydrogens is 268 g/mol. The van der Waals surface area contributed by atoms with E-state index in [1.165, 1.54) is 6.42 Å². The third kappa shape index (κ3) is 3.20. The number of imidazole rings is 1. The molecule has 116 valence electrons. The number of aromatic nitrogens is 2. The highest BCUT2D eigenvalue weighted by molar-refractivity contribution is 5.73. The topological polar surface area (TPSA) is 68.2 Å². The summed E-state index contributed by atoms with van der Waals surface area (Å²) in [4.78, 5) is 16.2. The van der Waals surface area contributed by atoms with Crippen LogP contribution in [0.25, 0.3) is 0 Å². The predicted octanol–water partition coefficient (Wildman–Crippen LogP) is 1.31. The number of hydrogen-bond acceptors (Lipinski definition) is 3. The smallest absolute Gasteiger partial charge is 0.314 e. The molecule has 1 saturated carbocycles. The molecule has 0 radical (unpaired) electrons. The van der Waals surface area contributed by atoms with E-state index >= 15 is 0 Å². The minimum atomic E-state index is -0.117. The van der Waals surface area contributed by atoms with Gasteiger partial charge in [0.15, 0.2) is 0 Å². The van der Waals surface area contributed by atoms with Gasteiger partial charge in [-0.1, -0.05) is 0 Å². The van der Waals surface area contributed by atoms with Gasteiger partial charge in [-0.2, -0.15) is 0 Å². The van der Waals surface area contributed by atoms with Crippen LogP contribution in [0.3, 0.4) is 0 Å². The molecule has 2 heterocycles. The van der Waals surface area contributed by atoms with E-state index in [1.54, 1.807) is 7.11 Å². The van der Waals surface area contributed by atoms with E-state index in [4.69, 9.17) is 4.74 Å². The summed E-state index contributed by atoms with van der Waals surface area (Å²) < 4.78 is 7.68. The number of nitrogens with one attached hydrogen (secondary N) is 2. The van der Waals surface area contributed by atoms with E-state index in [0.29, 0.717) is 19.0 Å². The molecule has 0 spiro atoms. The summed E-state index contributed by atoms with van der Waals surface area (Å²) in [6.07, 6.45) is 9.20. The fourth-order valence-electron chi connectivity index (χ4n) is 3.17. The predicted molar refractivity (Wildman–Crippen MR) is 79.0 cm³/mol. The summed E-state index contributed by atoms with van der Waals surface area (Å²) in [6.45, 7) is 2.26. The van der Waals surface area contributed by atoms with Crippen LogP contribution >= 0.6 is 0 Å². The Bertz CT molecular complexity index is 490. The molecule has 1 aromatic heterocycles. The van der Waals surface area contributed by atoms with Crippen LogP contribution in [0, 0.1) is 5.92 Å². The molecule has 0 bridgehead atoms. The number of carbonyl (C=O) groups is 1. The largest absolute Gasteiger partial charge is 0.376 e. The number of aryl methyl sites for hydroxylation is 1. The van der Waals surface area contributed by atoms with Crippen LogP contribution in [0.1, 0.15) is 31.5 Å². The SMILES string of the molecule is COC1(CNC(=O)NC[C@H]2CCc3nccn3C2)CCC1. The fourth-order valence-corrected chi connectivity index (χ4v) is 3.17. The van der Waals surface area contributed by atoms with Crippen molar-refractivity contribution in [3.05, 3.63) is 18.2 Å². The number of ether oxygens (including phenoxy) is 1. The molecule has 6 heteroatoms. The van der Waals surface area contributed by atoms with Crippen molar-refractivity contribution in [2.45, 2.75) is 44.2 Å². The van der Waals surface area contributed by atoms with E-state index in [2.05, 4.69) is 20.2 Å². The Morgan fingerprint density at radius 3 is 3.10 bits per heavy atom. The number of rotatable bonds is 5. The summed E-state index contributed by atoms with van der Waals surface area (Å²) in [6, 6.07) is -0.0882. The van der Waals surface area contributed by atoms with Gasteiger partial charge < -0.3 is 19.9 Å². The van der Waals surface area contributed by atoms with E-state index in [1.807, 2.05) is 12.4 Å². The minimum absolute atomic E-state index is 0.0882. The molecule has 1 aliphatic heterocycles. The Labute approximate surface area is 125 Å². The van der Waals surface area contributed by atoms with Crippen LogP contribution in [-0.4, -0.2) is 41.4 Å². The van der Waals surface area contributed by atoms with E-state index in [-0.39, 0.29) is 11.6 Å². The van der Waals surface area contributed by atoms with Gasteiger partial charge in [-0.05, 0) is 31.6 Å². The average molecular weight is 292 g/mol. The lowest BCUT2D eigenvalue weighted by molar-refractivity contribution is -0.0674. The van der Waals surface area contributed by atoms with Crippen molar-refractivity contribution in [2.24, 2.45) is 5.92 Å². The summed E-state index contributed by atoms with van der Waals surface area (Å²) in [5.74, 6) is 1.64. The van der Waals surface area contributed by atoms with E-state index < -0.39 is 0 Å². The van der Waals surface area contributed by atoms with Gasteiger partial charge in [-0.15, -0.1) is 0 Å². The van der Waals surface area contributed by atoms with Crippen LogP contribution in [0.4, 0.5) is 4.79 Å². The summed E-state index contributed by atoms with van der Waals surface area (Å²) in [5.41, 5.74) is -0.117. The number of hydrogen-bond donors (Lipinski definition) is 2. The molecule has 6 nitrogen and oxygen atoms in total. The highest BCUT2D eigenvalue weighted by Gasteiger charge is 2.37. The second kappa shape index (κ2) is 6.05. The molecule has 1 aliphatic carbocycles. The number of carbonyl (C=O) groups excluding carboxylic acids is 1. The standard InChI is InChI=1S/C15H24N4O2/c1-21-15(5-2-6-15)11-18-14(20)17-9-12-3-4-13-16-7-8-19(13)10-12/h7-8,12H,2-6,9-11H2,1H3,(H2,17,18,20)/t12-/m1/s1. The van der Waals surface area contributed by atoms with Gasteiger partial charge in [0.2, 0.25) is 0 Å². The first-order valence-electron chi connectivity index (χ1n) is 7.78. The van der Waals surface area contributed by atoms with Crippen molar-refractivity contribution in [3.63, 3.8) is 0 Å². The molecule has 2 amide bonds. The molecule has 0 aromatic carbocycles. The van der Waals surface area contributed by atoms with Crippen molar-refractivity contribution in [3.8, 4) is 0 Å². The maximum atomic E-state index is 11.9. The third-order valence-electron chi connectivity index (χ3n) is 4.85. The second-order valence-electron chi connectivity index (χ2n) is 6.20. The fraction of sp³-hybridized carbons (Fsp3) is 0.733. The van der Waals surface area contributed by atoms with Gasteiger partial charge >= 0.3 is 6.03 Å². The first kappa shape index (κ1) is 14.4. The second-order valence-corrected chi connectivity index (χ2v) is 6.20. The molecule has 2 aliphatic rings. The molecule has 21 heavy (non-hydrogen) atoms. The normalized spacial score (nSPS) is 23.0. The number of urea groups is 1. The van der Waals surface area contributed by atoms with Gasteiger partial charge in [0.1, 0.15) is 5.82 Å². The van der Waals surface area contributed by atoms with Crippen LogP contribution in [0.15, 0.2) is 12.4 Å². The van der Waals surface area contributed by atoms with Gasteiger partial charge in [-0.3, -0.25) is 0 Å². The highest BCUT2D eigenvalue weighted by Crippen LogP contribution is 2.34. The summed E-state index contributed by atoms with van der Waals surface area (Å²) >= 11 is 0. The van der Waals surface area contributed by atoms with Gasteiger partial charge in [0.25, 0.3) is 0 Å². The van der Waals surface area contributed by atoms with Gasteiger partial charge in [0.05, 0.1) is 5.60 Å². The van der Waals surface area contributed by atoms with Gasteiger partial charge in [-0.25, -0.2) is 9.78 Å². The summed E-state index contributed by atoms with van der Waals surface area (Å²) in [5, 5.41) is 5.92. The third-order valence-corrected chi connectivity index (χ3v) is 4.85. The number of methoxy groups -OCH3 is 1. The molecule has 2 N–H and O–H groups in total. The Morgan fingerprint density at radius 1 is 1.52 bits per heavy atom. The Hall–Kier alpha value is -1.56. The quantitative estimate of drug-likeness (QED) is 0.860. The Balaban J connectivity index is 1.38. The molecular formula is C15H24N4O2. The maximum Gasteiger partial charge on any atom is 0.314 e. The maximum absolute atomic E-state index is 11.9. The average Bonchev–Trinajstić information content (AvgIpc) is 2.92. The van der Waals surface area contributed by atoms with Crippen molar-refractivity contribution in [2.75, 3.05) is 20.2 Å². The van der Waals surface area contributed by atoms with Crippen molar-refractivity contribution in [1.29, 1.82) is 0 Å². The molecule has 0 unspecified atom stereocenters. The van der Waals surface area contributed by atoms with Crippen LogP contribution in [0.5, 0.6) is 0 Å². The zero-order valence-electron chi connectivity index (χ0n) is 12.6. The molecule has 1 atom stereocenters. The molecule has 3 rings (SSSR count). The first-order valence-corrected chi connectivity index (χ1v) is 7.78.